The molecule has 190 valence electrons. The van der Waals surface area contributed by atoms with Gasteiger partial charge in [-0.2, -0.15) is 0 Å². The highest BCUT2D eigenvalue weighted by Crippen LogP contribution is 2.44. The van der Waals surface area contributed by atoms with Gasteiger partial charge in [0.25, 0.3) is 0 Å². The van der Waals surface area contributed by atoms with Gasteiger partial charge >= 0.3 is 0 Å². The lowest BCUT2D eigenvalue weighted by atomic mass is 9.96. The van der Waals surface area contributed by atoms with Gasteiger partial charge in [-0.05, 0) is 92.5 Å². The first kappa shape index (κ1) is 24.2. The molecule has 1 fully saturated rings. The average Bonchev–Trinajstić information content (AvgIpc) is 3.44. The van der Waals surface area contributed by atoms with E-state index in [-0.39, 0.29) is 12.1 Å². The number of pyridine rings is 1. The van der Waals surface area contributed by atoms with Gasteiger partial charge in [0.05, 0.1) is 30.1 Å². The van der Waals surface area contributed by atoms with Crippen LogP contribution in [0.4, 0.5) is 5.69 Å². The molecule has 0 bridgehead atoms. The van der Waals surface area contributed by atoms with Crippen LogP contribution < -0.4 is 15.0 Å². The fourth-order valence-electron chi connectivity index (χ4n) is 5.68. The van der Waals surface area contributed by atoms with Crippen LogP contribution >= 0.6 is 12.2 Å². The average molecular weight is 519 g/mol. The summed E-state index contributed by atoms with van der Waals surface area (Å²) in [4.78, 5) is 6.94. The van der Waals surface area contributed by atoms with Crippen LogP contribution in [0.5, 0.6) is 5.75 Å². The van der Waals surface area contributed by atoms with Crippen molar-refractivity contribution in [3.63, 3.8) is 0 Å². The third kappa shape index (κ3) is 4.11. The van der Waals surface area contributed by atoms with Crippen molar-refractivity contribution in [2.45, 2.75) is 32.9 Å². The summed E-state index contributed by atoms with van der Waals surface area (Å²) in [6, 6.07) is 31.4. The van der Waals surface area contributed by atoms with Crippen LogP contribution in [-0.2, 0) is 0 Å². The van der Waals surface area contributed by atoms with Gasteiger partial charge in [-0.1, -0.05) is 42.5 Å². The maximum absolute atomic E-state index is 5.95. The van der Waals surface area contributed by atoms with Crippen LogP contribution in [0.25, 0.3) is 16.5 Å². The SMILES string of the molecule is CCOc1ccc(N2C(=S)N[C@@H](c3ccccn3)[C@@H]2c2cc(C)n(-c3cccc4ccccc34)c2C)cc1. The zero-order valence-corrected chi connectivity index (χ0v) is 22.6. The van der Waals surface area contributed by atoms with Crippen LogP contribution in [0.1, 0.15) is 41.7 Å². The lowest BCUT2D eigenvalue weighted by molar-refractivity contribution is 0.340. The van der Waals surface area contributed by atoms with Crippen LogP contribution in [0.15, 0.2) is 97.2 Å². The lowest BCUT2D eigenvalue weighted by Gasteiger charge is -2.28. The van der Waals surface area contributed by atoms with Crippen molar-refractivity contribution < 1.29 is 4.74 Å². The summed E-state index contributed by atoms with van der Waals surface area (Å²) in [6.45, 7) is 7.01. The standard InChI is InChI=1S/C32H30N4OS/c1-4-37-25-17-15-24(16-18-25)36-31(30(34-32(36)38)28-13-7-8-19-33-28)27-20-21(2)35(22(27)3)29-14-9-11-23-10-5-6-12-26(23)29/h5-20,30-31H,4H2,1-3H3,(H,34,38)/t30-,31-/m0/s1. The molecule has 0 spiro atoms. The van der Waals surface area contributed by atoms with Crippen LogP contribution in [0.3, 0.4) is 0 Å². The van der Waals surface area contributed by atoms with Gasteiger partial charge in [-0.25, -0.2) is 0 Å². The Labute approximate surface area is 228 Å². The van der Waals surface area contributed by atoms with Crippen LogP contribution in [0, 0.1) is 13.8 Å². The summed E-state index contributed by atoms with van der Waals surface area (Å²) in [5.41, 5.74) is 6.74. The number of thiocarbonyl (C=S) groups is 1. The minimum Gasteiger partial charge on any atom is -0.494 e. The summed E-state index contributed by atoms with van der Waals surface area (Å²) >= 11 is 5.95. The third-order valence-corrected chi connectivity index (χ3v) is 7.63. The van der Waals surface area contributed by atoms with Crippen molar-refractivity contribution in [2.75, 3.05) is 11.5 Å². The summed E-state index contributed by atoms with van der Waals surface area (Å²) < 4.78 is 8.06. The minimum atomic E-state index is -0.100. The number of benzene rings is 3. The molecule has 0 saturated carbocycles. The quantitative estimate of drug-likeness (QED) is 0.240. The zero-order valence-electron chi connectivity index (χ0n) is 21.8. The second-order valence-electron chi connectivity index (χ2n) is 9.58. The zero-order chi connectivity index (χ0) is 26.2. The molecule has 1 aliphatic heterocycles. The third-order valence-electron chi connectivity index (χ3n) is 7.32. The molecule has 3 heterocycles. The Bertz CT molecular complexity index is 1610. The molecule has 1 saturated heterocycles. The highest BCUT2D eigenvalue weighted by Gasteiger charge is 2.42. The van der Waals surface area contributed by atoms with Crippen molar-refractivity contribution in [3.05, 3.63) is 120 Å². The first-order valence-electron chi connectivity index (χ1n) is 13.0. The van der Waals surface area contributed by atoms with Crippen molar-refractivity contribution >= 4 is 33.8 Å². The summed E-state index contributed by atoms with van der Waals surface area (Å²) in [5, 5.41) is 6.73. The highest BCUT2D eigenvalue weighted by molar-refractivity contribution is 7.80. The Morgan fingerprint density at radius 2 is 1.68 bits per heavy atom. The number of nitrogens with one attached hydrogen (secondary N) is 1. The fraction of sp³-hybridized carbons (Fsp3) is 0.188. The van der Waals surface area contributed by atoms with Crippen molar-refractivity contribution in [1.29, 1.82) is 0 Å². The predicted octanol–water partition coefficient (Wildman–Crippen LogP) is 7.22. The molecule has 0 amide bonds. The first-order chi connectivity index (χ1) is 18.6. The number of anilines is 1. The largest absolute Gasteiger partial charge is 0.494 e. The number of hydrogen-bond donors (Lipinski definition) is 1. The van der Waals surface area contributed by atoms with E-state index in [1.807, 2.05) is 37.4 Å². The normalized spacial score (nSPS) is 17.1. The van der Waals surface area contributed by atoms with E-state index in [4.69, 9.17) is 21.9 Å². The van der Waals surface area contributed by atoms with Gasteiger partial charge < -0.3 is 19.5 Å². The van der Waals surface area contributed by atoms with Gasteiger partial charge in [0.2, 0.25) is 0 Å². The monoisotopic (exact) mass is 518 g/mol. The Kier molecular flexibility index (Phi) is 6.34. The van der Waals surface area contributed by atoms with Crippen LogP contribution in [0.2, 0.25) is 0 Å². The fourth-order valence-corrected chi connectivity index (χ4v) is 6.03. The first-order valence-corrected chi connectivity index (χ1v) is 13.4. The van der Waals surface area contributed by atoms with E-state index in [9.17, 15) is 0 Å². The topological polar surface area (TPSA) is 42.3 Å². The molecule has 2 atom stereocenters. The number of aryl methyl sites for hydroxylation is 1. The number of fused-ring (bicyclic) bond motifs is 1. The molecule has 0 aliphatic carbocycles. The Hall–Kier alpha value is -4.16. The van der Waals surface area contributed by atoms with E-state index >= 15 is 0 Å². The van der Waals surface area contributed by atoms with Gasteiger partial charge in [0.1, 0.15) is 5.75 Å². The molecule has 5 aromatic rings. The minimum absolute atomic E-state index is 0.0785. The number of ether oxygens (including phenoxy) is 1. The molecule has 0 unspecified atom stereocenters. The number of nitrogens with zero attached hydrogens (tertiary/aromatic N) is 3. The van der Waals surface area contributed by atoms with Gasteiger partial charge in [0.15, 0.2) is 5.11 Å². The smallest absolute Gasteiger partial charge is 0.174 e. The summed E-state index contributed by atoms with van der Waals surface area (Å²) in [6.07, 6.45) is 1.84. The van der Waals surface area contributed by atoms with E-state index in [1.54, 1.807) is 0 Å². The maximum atomic E-state index is 5.95. The molecule has 5 nitrogen and oxygen atoms in total. The molecular formula is C32H30N4OS. The van der Waals surface area contributed by atoms with E-state index in [1.165, 1.54) is 33.4 Å². The molecule has 1 aliphatic rings. The lowest BCUT2D eigenvalue weighted by Crippen LogP contribution is -2.29. The van der Waals surface area contributed by atoms with E-state index in [0.717, 1.165) is 17.1 Å². The van der Waals surface area contributed by atoms with Crippen molar-refractivity contribution in [1.82, 2.24) is 14.9 Å². The predicted molar refractivity (Wildman–Crippen MR) is 158 cm³/mol. The van der Waals surface area contributed by atoms with Crippen molar-refractivity contribution in [2.24, 2.45) is 0 Å². The van der Waals surface area contributed by atoms with Gasteiger partial charge in [-0.3, -0.25) is 4.98 Å². The Morgan fingerprint density at radius 3 is 2.45 bits per heavy atom. The number of rotatable bonds is 6. The van der Waals surface area contributed by atoms with E-state index < -0.39 is 0 Å². The Morgan fingerprint density at radius 1 is 0.921 bits per heavy atom. The van der Waals surface area contributed by atoms with Crippen molar-refractivity contribution in [3.8, 4) is 11.4 Å². The molecule has 1 N–H and O–H groups in total. The van der Waals surface area contributed by atoms with Crippen LogP contribution in [-0.4, -0.2) is 21.3 Å². The number of aromatic nitrogens is 2. The maximum Gasteiger partial charge on any atom is 0.174 e. The molecule has 38 heavy (non-hydrogen) atoms. The Balaban J connectivity index is 1.51. The molecule has 3 aromatic carbocycles. The molecule has 2 aromatic heterocycles. The summed E-state index contributed by atoms with van der Waals surface area (Å²) in [7, 11) is 0. The number of hydrogen-bond acceptors (Lipinski definition) is 3. The van der Waals surface area contributed by atoms with Gasteiger partial charge in [-0.15, -0.1) is 0 Å². The molecular weight excluding hydrogens is 488 g/mol. The molecule has 6 heteroatoms. The molecule has 0 radical (unpaired) electrons. The van der Waals surface area contributed by atoms with E-state index in [2.05, 4.69) is 95.4 Å². The van der Waals surface area contributed by atoms with E-state index in [0.29, 0.717) is 11.7 Å². The van der Waals surface area contributed by atoms with Gasteiger partial charge in [0, 0.05) is 28.7 Å². The highest BCUT2D eigenvalue weighted by atomic mass is 32.1. The second-order valence-corrected chi connectivity index (χ2v) is 9.97. The molecule has 6 rings (SSSR count). The summed E-state index contributed by atoms with van der Waals surface area (Å²) in [5.74, 6) is 0.848. The second kappa shape index (κ2) is 9.95.